The molecule has 1 aliphatic carbocycles. The summed E-state index contributed by atoms with van der Waals surface area (Å²) >= 11 is 1.61. The predicted molar refractivity (Wildman–Crippen MR) is 78.5 cm³/mol. The molecule has 1 heterocycles. The highest BCUT2D eigenvalue weighted by atomic mass is 32.1. The minimum absolute atomic E-state index is 0.143. The molecule has 2 atom stereocenters. The number of carboxylic acids is 1. The third-order valence-corrected chi connectivity index (χ3v) is 5.12. The Labute approximate surface area is 119 Å². The summed E-state index contributed by atoms with van der Waals surface area (Å²) in [6.07, 6.45) is 5.63. The highest BCUT2D eigenvalue weighted by Crippen LogP contribution is 2.29. The maximum atomic E-state index is 10.6. The maximum absolute atomic E-state index is 10.6. The van der Waals surface area contributed by atoms with Gasteiger partial charge in [-0.05, 0) is 36.9 Å². The summed E-state index contributed by atoms with van der Waals surface area (Å²) in [6, 6.07) is 3.97. The van der Waals surface area contributed by atoms with Gasteiger partial charge in [-0.25, -0.2) is 0 Å². The SMILES string of the molecule is CC1CCCCC1CNCc1ccc(CC(=O)O)s1. The van der Waals surface area contributed by atoms with Gasteiger partial charge in [0.05, 0.1) is 6.42 Å². The van der Waals surface area contributed by atoms with Crippen LogP contribution >= 0.6 is 11.3 Å². The van der Waals surface area contributed by atoms with Gasteiger partial charge in [0.25, 0.3) is 0 Å². The van der Waals surface area contributed by atoms with E-state index in [1.54, 1.807) is 11.3 Å². The van der Waals surface area contributed by atoms with Crippen LogP contribution in [0.3, 0.4) is 0 Å². The monoisotopic (exact) mass is 281 g/mol. The van der Waals surface area contributed by atoms with Crippen LogP contribution in [0.2, 0.25) is 0 Å². The van der Waals surface area contributed by atoms with Crippen LogP contribution < -0.4 is 5.32 Å². The van der Waals surface area contributed by atoms with Crippen molar-refractivity contribution < 1.29 is 9.90 Å². The predicted octanol–water partition coefficient (Wildman–Crippen LogP) is 3.29. The van der Waals surface area contributed by atoms with Gasteiger partial charge in [-0.2, -0.15) is 0 Å². The first-order valence-corrected chi connectivity index (χ1v) is 7.97. The molecule has 106 valence electrons. The lowest BCUT2D eigenvalue weighted by Gasteiger charge is -2.28. The number of rotatable bonds is 6. The molecule has 0 amide bonds. The van der Waals surface area contributed by atoms with Crippen molar-refractivity contribution in [3.8, 4) is 0 Å². The molecule has 0 saturated heterocycles. The molecule has 0 aliphatic heterocycles. The molecular formula is C15H23NO2S. The third kappa shape index (κ3) is 4.62. The van der Waals surface area contributed by atoms with E-state index in [1.165, 1.54) is 30.6 Å². The summed E-state index contributed by atoms with van der Waals surface area (Å²) in [4.78, 5) is 12.8. The standard InChI is InChI=1S/C15H23NO2S/c1-11-4-2-3-5-12(11)9-16-10-14-7-6-13(19-14)8-15(17)18/h6-7,11-12,16H,2-5,8-10H2,1H3,(H,17,18). The average molecular weight is 281 g/mol. The molecule has 2 N–H and O–H groups in total. The lowest BCUT2D eigenvalue weighted by molar-refractivity contribution is -0.136. The fourth-order valence-corrected chi connectivity index (χ4v) is 3.82. The average Bonchev–Trinajstić information content (AvgIpc) is 2.78. The molecule has 0 radical (unpaired) electrons. The summed E-state index contributed by atoms with van der Waals surface area (Å²) < 4.78 is 0. The third-order valence-electron chi connectivity index (χ3n) is 4.04. The summed E-state index contributed by atoms with van der Waals surface area (Å²) in [7, 11) is 0. The first kappa shape index (κ1) is 14.5. The van der Waals surface area contributed by atoms with E-state index in [0.717, 1.165) is 29.8 Å². The zero-order valence-corrected chi connectivity index (χ0v) is 12.3. The van der Waals surface area contributed by atoms with E-state index in [2.05, 4.69) is 12.2 Å². The van der Waals surface area contributed by atoms with Crippen LogP contribution in [0, 0.1) is 11.8 Å². The van der Waals surface area contributed by atoms with E-state index in [1.807, 2.05) is 12.1 Å². The van der Waals surface area contributed by atoms with Gasteiger partial charge in [0.15, 0.2) is 0 Å². The van der Waals surface area contributed by atoms with Crippen molar-refractivity contribution in [3.63, 3.8) is 0 Å². The number of aliphatic carboxylic acids is 1. The number of carbonyl (C=O) groups is 1. The van der Waals surface area contributed by atoms with Crippen molar-refractivity contribution in [2.24, 2.45) is 11.8 Å². The van der Waals surface area contributed by atoms with Crippen LogP contribution in [0.4, 0.5) is 0 Å². The number of thiophene rings is 1. The fourth-order valence-electron chi connectivity index (χ4n) is 2.84. The van der Waals surface area contributed by atoms with Crippen LogP contribution in [-0.4, -0.2) is 17.6 Å². The Kier molecular flexibility index (Phi) is 5.40. The lowest BCUT2D eigenvalue weighted by Crippen LogP contribution is -2.28. The number of hydrogen-bond donors (Lipinski definition) is 2. The van der Waals surface area contributed by atoms with Crippen molar-refractivity contribution >= 4 is 17.3 Å². The summed E-state index contributed by atoms with van der Waals surface area (Å²) in [6.45, 7) is 4.32. The smallest absolute Gasteiger partial charge is 0.308 e. The van der Waals surface area contributed by atoms with Gasteiger partial charge >= 0.3 is 5.97 Å². The molecule has 2 unspecified atom stereocenters. The Bertz CT molecular complexity index is 416. The zero-order chi connectivity index (χ0) is 13.7. The maximum Gasteiger partial charge on any atom is 0.308 e. The second kappa shape index (κ2) is 7.06. The highest BCUT2D eigenvalue weighted by molar-refractivity contribution is 7.12. The molecule has 3 nitrogen and oxygen atoms in total. The lowest BCUT2D eigenvalue weighted by atomic mass is 9.80. The van der Waals surface area contributed by atoms with Crippen molar-refractivity contribution in [1.29, 1.82) is 0 Å². The van der Waals surface area contributed by atoms with Gasteiger partial charge in [0.2, 0.25) is 0 Å². The van der Waals surface area contributed by atoms with Crippen molar-refractivity contribution in [1.82, 2.24) is 5.32 Å². The van der Waals surface area contributed by atoms with Gasteiger partial charge in [-0.3, -0.25) is 4.79 Å². The molecule has 0 spiro atoms. The second-order valence-electron chi connectivity index (χ2n) is 5.59. The molecule has 2 rings (SSSR count). The van der Waals surface area contributed by atoms with Gasteiger partial charge in [0.1, 0.15) is 0 Å². The first-order valence-electron chi connectivity index (χ1n) is 7.15. The largest absolute Gasteiger partial charge is 0.481 e. The minimum atomic E-state index is -0.752. The molecule has 0 aromatic carbocycles. The highest BCUT2D eigenvalue weighted by Gasteiger charge is 2.20. The summed E-state index contributed by atoms with van der Waals surface area (Å²) in [5.41, 5.74) is 0. The molecule has 0 bridgehead atoms. The Hall–Kier alpha value is -0.870. The van der Waals surface area contributed by atoms with Gasteiger partial charge in [-0.1, -0.05) is 26.2 Å². The van der Waals surface area contributed by atoms with E-state index in [9.17, 15) is 4.79 Å². The van der Waals surface area contributed by atoms with Crippen LogP contribution in [0.1, 0.15) is 42.4 Å². The molecule has 19 heavy (non-hydrogen) atoms. The molecule has 1 aromatic heterocycles. The van der Waals surface area contributed by atoms with Gasteiger partial charge < -0.3 is 10.4 Å². The van der Waals surface area contributed by atoms with Crippen molar-refractivity contribution in [2.75, 3.05) is 6.54 Å². The first-order chi connectivity index (χ1) is 9.15. The summed E-state index contributed by atoms with van der Waals surface area (Å²) in [5, 5.41) is 12.3. The zero-order valence-electron chi connectivity index (χ0n) is 11.5. The number of hydrogen-bond acceptors (Lipinski definition) is 3. The molecule has 1 aromatic rings. The van der Waals surface area contributed by atoms with Crippen molar-refractivity contribution in [2.45, 2.75) is 45.6 Å². The quantitative estimate of drug-likeness (QED) is 0.841. The number of carboxylic acid groups (broad SMARTS) is 1. The van der Waals surface area contributed by atoms with Crippen LogP contribution in [0.15, 0.2) is 12.1 Å². The van der Waals surface area contributed by atoms with Crippen LogP contribution in [0.5, 0.6) is 0 Å². The molecule has 1 aliphatic rings. The van der Waals surface area contributed by atoms with E-state index in [-0.39, 0.29) is 6.42 Å². The molecule has 1 saturated carbocycles. The molecule has 4 heteroatoms. The Balaban J connectivity index is 1.73. The van der Waals surface area contributed by atoms with E-state index in [0.29, 0.717) is 0 Å². The minimum Gasteiger partial charge on any atom is -0.481 e. The fraction of sp³-hybridized carbons (Fsp3) is 0.667. The van der Waals surface area contributed by atoms with Crippen LogP contribution in [0.25, 0.3) is 0 Å². The topological polar surface area (TPSA) is 49.3 Å². The van der Waals surface area contributed by atoms with Gasteiger partial charge in [0, 0.05) is 16.3 Å². The van der Waals surface area contributed by atoms with E-state index >= 15 is 0 Å². The second-order valence-corrected chi connectivity index (χ2v) is 6.84. The molecule has 1 fully saturated rings. The number of nitrogens with one attached hydrogen (secondary N) is 1. The van der Waals surface area contributed by atoms with Gasteiger partial charge in [-0.15, -0.1) is 11.3 Å². The normalized spacial score (nSPS) is 23.4. The van der Waals surface area contributed by atoms with E-state index < -0.39 is 5.97 Å². The Morgan fingerprint density at radius 2 is 2.11 bits per heavy atom. The van der Waals surface area contributed by atoms with Crippen molar-refractivity contribution in [3.05, 3.63) is 21.9 Å². The summed E-state index contributed by atoms with van der Waals surface area (Å²) in [5.74, 6) is 0.900. The molecular weight excluding hydrogens is 258 g/mol. The Morgan fingerprint density at radius 3 is 2.84 bits per heavy atom. The van der Waals surface area contributed by atoms with Crippen LogP contribution in [-0.2, 0) is 17.8 Å². The Morgan fingerprint density at radius 1 is 1.37 bits per heavy atom. The van der Waals surface area contributed by atoms with E-state index in [4.69, 9.17) is 5.11 Å².